The molecule has 1 aromatic carbocycles. The maximum absolute atomic E-state index is 12.6. The zero-order valence-electron chi connectivity index (χ0n) is 17.9. The number of nitrogens with one attached hydrogen (secondary N) is 1. The number of pyridine rings is 1. The molecular formula is C23H22N4O4S2. The highest BCUT2D eigenvalue weighted by Crippen LogP contribution is 2.32. The van der Waals surface area contributed by atoms with Crippen LogP contribution in [0.25, 0.3) is 6.08 Å². The Hall–Kier alpha value is -3.11. The van der Waals surface area contributed by atoms with Crippen molar-refractivity contribution in [3.05, 3.63) is 59.3 Å². The van der Waals surface area contributed by atoms with Gasteiger partial charge in [-0.1, -0.05) is 12.1 Å². The van der Waals surface area contributed by atoms with E-state index in [1.807, 2.05) is 30.5 Å². The second-order valence-electron chi connectivity index (χ2n) is 7.52. The van der Waals surface area contributed by atoms with E-state index in [9.17, 15) is 19.2 Å². The van der Waals surface area contributed by atoms with Crippen molar-refractivity contribution in [2.24, 2.45) is 5.92 Å². The third kappa shape index (κ3) is 5.28. The largest absolute Gasteiger partial charge is 0.354 e. The maximum Gasteiger partial charge on any atom is 0.293 e. The molecule has 0 spiro atoms. The van der Waals surface area contributed by atoms with E-state index in [1.165, 1.54) is 0 Å². The molecule has 2 aliphatic rings. The summed E-state index contributed by atoms with van der Waals surface area (Å²) in [5, 5.41) is 2.39. The van der Waals surface area contributed by atoms with Crippen molar-refractivity contribution in [2.45, 2.75) is 11.3 Å². The van der Waals surface area contributed by atoms with Gasteiger partial charge in [-0.05, 0) is 53.9 Å². The van der Waals surface area contributed by atoms with E-state index >= 15 is 0 Å². The molecule has 0 saturated carbocycles. The van der Waals surface area contributed by atoms with Crippen LogP contribution in [0.15, 0.2) is 58.6 Å². The van der Waals surface area contributed by atoms with Gasteiger partial charge in [-0.3, -0.25) is 29.1 Å². The molecule has 2 saturated heterocycles. The summed E-state index contributed by atoms with van der Waals surface area (Å²) in [6.45, 7) is 0.503. The summed E-state index contributed by atoms with van der Waals surface area (Å²) < 4.78 is 0. The number of hydrogen-bond acceptors (Lipinski definition) is 7. The molecule has 1 aromatic heterocycles. The number of aromatic nitrogens is 1. The summed E-state index contributed by atoms with van der Waals surface area (Å²) >= 11 is 2.46. The van der Waals surface area contributed by atoms with Gasteiger partial charge in [-0.2, -0.15) is 0 Å². The standard InChI is InChI=1S/C23H22N4O4S2/c1-32-18-6-2-5-17(12-18)27-14-16(11-20(27)28)21(29)25-8-9-26-22(30)19(33-23(26)31)10-15-4-3-7-24-13-15/h2-7,10,12-13,16H,8-9,11,14H2,1H3,(H,25,29)/b19-10-/t16-/m0/s1. The Balaban J connectivity index is 1.30. The zero-order chi connectivity index (χ0) is 23.4. The fourth-order valence-corrected chi connectivity index (χ4v) is 4.97. The molecule has 3 heterocycles. The highest BCUT2D eigenvalue weighted by Gasteiger charge is 2.37. The number of carbonyl (C=O) groups excluding carboxylic acids is 4. The molecule has 1 N–H and O–H groups in total. The van der Waals surface area contributed by atoms with Crippen molar-refractivity contribution in [3.8, 4) is 0 Å². The topological polar surface area (TPSA) is 99.7 Å². The number of hydrogen-bond donors (Lipinski definition) is 1. The number of imide groups is 1. The molecule has 8 nitrogen and oxygen atoms in total. The van der Waals surface area contributed by atoms with Gasteiger partial charge >= 0.3 is 0 Å². The summed E-state index contributed by atoms with van der Waals surface area (Å²) in [4.78, 5) is 58.0. The Morgan fingerprint density at radius 1 is 1.27 bits per heavy atom. The molecule has 4 amide bonds. The molecule has 2 aliphatic heterocycles. The van der Waals surface area contributed by atoms with Gasteiger partial charge in [0.15, 0.2) is 0 Å². The maximum atomic E-state index is 12.6. The van der Waals surface area contributed by atoms with E-state index in [0.717, 1.165) is 32.8 Å². The van der Waals surface area contributed by atoms with Crippen LogP contribution in [0.2, 0.25) is 0 Å². The lowest BCUT2D eigenvalue weighted by Gasteiger charge is -2.18. The summed E-state index contributed by atoms with van der Waals surface area (Å²) in [5.41, 5.74) is 1.51. The first-order valence-electron chi connectivity index (χ1n) is 10.3. The van der Waals surface area contributed by atoms with Crippen LogP contribution in [0.5, 0.6) is 0 Å². The van der Waals surface area contributed by atoms with Gasteiger partial charge < -0.3 is 10.2 Å². The summed E-state index contributed by atoms with van der Waals surface area (Å²) in [5.74, 6) is -1.22. The third-order valence-electron chi connectivity index (χ3n) is 5.35. The Kier molecular flexibility index (Phi) is 7.14. The molecule has 170 valence electrons. The molecular weight excluding hydrogens is 460 g/mol. The quantitative estimate of drug-likeness (QED) is 0.478. The average Bonchev–Trinajstić information content (AvgIpc) is 3.34. The van der Waals surface area contributed by atoms with E-state index in [1.54, 1.807) is 47.3 Å². The van der Waals surface area contributed by atoms with Crippen LogP contribution in [0.4, 0.5) is 10.5 Å². The summed E-state index contributed by atoms with van der Waals surface area (Å²) in [6, 6.07) is 11.2. The smallest absolute Gasteiger partial charge is 0.293 e. The number of thioether (sulfide) groups is 2. The Morgan fingerprint density at radius 3 is 2.88 bits per heavy atom. The monoisotopic (exact) mass is 482 g/mol. The predicted molar refractivity (Wildman–Crippen MR) is 129 cm³/mol. The number of carbonyl (C=O) groups is 4. The van der Waals surface area contributed by atoms with E-state index in [0.29, 0.717) is 11.4 Å². The minimum Gasteiger partial charge on any atom is -0.354 e. The Labute approximate surface area is 199 Å². The van der Waals surface area contributed by atoms with E-state index < -0.39 is 5.92 Å². The van der Waals surface area contributed by atoms with Crippen LogP contribution in [0.1, 0.15) is 12.0 Å². The van der Waals surface area contributed by atoms with Gasteiger partial charge in [-0.15, -0.1) is 11.8 Å². The molecule has 0 bridgehead atoms. The van der Waals surface area contributed by atoms with E-state index in [-0.39, 0.29) is 42.5 Å². The first-order chi connectivity index (χ1) is 16.0. The van der Waals surface area contributed by atoms with Gasteiger partial charge in [0, 0.05) is 49.0 Å². The molecule has 4 rings (SSSR count). The third-order valence-corrected chi connectivity index (χ3v) is 6.98. The SMILES string of the molecule is CSc1cccc(N2C[C@@H](C(=O)NCCN3C(=O)S/C(=C\c4cccnc4)C3=O)CC2=O)c1. The van der Waals surface area contributed by atoms with Crippen LogP contribution < -0.4 is 10.2 Å². The molecule has 33 heavy (non-hydrogen) atoms. The predicted octanol–water partition coefficient (Wildman–Crippen LogP) is 3.01. The average molecular weight is 483 g/mol. The highest BCUT2D eigenvalue weighted by atomic mass is 32.2. The second-order valence-corrected chi connectivity index (χ2v) is 9.39. The van der Waals surface area contributed by atoms with Gasteiger partial charge in [0.2, 0.25) is 11.8 Å². The van der Waals surface area contributed by atoms with Crippen molar-refractivity contribution >= 4 is 58.2 Å². The molecule has 0 radical (unpaired) electrons. The molecule has 2 fully saturated rings. The van der Waals surface area contributed by atoms with E-state index in [4.69, 9.17) is 0 Å². The van der Waals surface area contributed by atoms with E-state index in [2.05, 4.69) is 10.3 Å². The molecule has 2 aromatic rings. The lowest BCUT2D eigenvalue weighted by molar-refractivity contribution is -0.127. The van der Waals surface area contributed by atoms with Crippen molar-refractivity contribution in [1.29, 1.82) is 0 Å². The molecule has 0 aliphatic carbocycles. The van der Waals surface area contributed by atoms with Crippen molar-refractivity contribution in [1.82, 2.24) is 15.2 Å². The zero-order valence-corrected chi connectivity index (χ0v) is 19.5. The molecule has 1 atom stereocenters. The second kappa shape index (κ2) is 10.2. The van der Waals surface area contributed by atoms with Crippen LogP contribution in [0.3, 0.4) is 0 Å². The fraction of sp³-hybridized carbons (Fsp3) is 0.261. The lowest BCUT2D eigenvalue weighted by atomic mass is 10.1. The number of nitrogens with zero attached hydrogens (tertiary/aromatic N) is 3. The lowest BCUT2D eigenvalue weighted by Crippen LogP contribution is -2.40. The van der Waals surface area contributed by atoms with Gasteiger partial charge in [0.25, 0.3) is 11.1 Å². The van der Waals surface area contributed by atoms with Crippen molar-refractivity contribution in [2.75, 3.05) is 30.8 Å². The summed E-state index contributed by atoms with van der Waals surface area (Å²) in [6.07, 6.45) is 6.96. The Bertz CT molecular complexity index is 1120. The molecule has 0 unspecified atom stereocenters. The first kappa shape index (κ1) is 23.1. The van der Waals surface area contributed by atoms with Gasteiger partial charge in [-0.25, -0.2) is 0 Å². The van der Waals surface area contributed by atoms with Crippen LogP contribution >= 0.6 is 23.5 Å². The minimum absolute atomic E-state index is 0.0704. The molecule has 10 heteroatoms. The fourth-order valence-electron chi connectivity index (χ4n) is 3.65. The van der Waals surface area contributed by atoms with Crippen molar-refractivity contribution < 1.29 is 19.2 Å². The van der Waals surface area contributed by atoms with Gasteiger partial charge in [0.05, 0.1) is 10.8 Å². The highest BCUT2D eigenvalue weighted by molar-refractivity contribution is 8.18. The number of amides is 4. The van der Waals surface area contributed by atoms with Crippen molar-refractivity contribution in [3.63, 3.8) is 0 Å². The number of rotatable bonds is 7. The first-order valence-corrected chi connectivity index (χ1v) is 12.4. The minimum atomic E-state index is -0.476. The normalized spacial score (nSPS) is 19.6. The van der Waals surface area contributed by atoms with Gasteiger partial charge in [0.1, 0.15) is 0 Å². The van der Waals surface area contributed by atoms with Crippen LogP contribution in [0, 0.1) is 5.92 Å². The van der Waals surface area contributed by atoms with Crippen LogP contribution in [-0.4, -0.2) is 58.7 Å². The summed E-state index contributed by atoms with van der Waals surface area (Å²) in [7, 11) is 0. The number of benzene rings is 1. The Morgan fingerprint density at radius 2 is 2.12 bits per heavy atom. The van der Waals surface area contributed by atoms with Crippen LogP contribution in [-0.2, 0) is 14.4 Å². The number of anilines is 1.